The summed E-state index contributed by atoms with van der Waals surface area (Å²) in [5, 5.41) is 2.76. The quantitative estimate of drug-likeness (QED) is 0.781. The van der Waals surface area contributed by atoms with E-state index in [1.165, 1.54) is 26.2 Å². The molecule has 0 saturated carbocycles. The molecule has 1 aromatic heterocycles. The largest absolute Gasteiger partial charge is 0.368 e. The SMILES string of the molecule is CC(=O)NCCc1cncc(C2CN(C(=O)CN3CCCCC3)CCO2)n1. The minimum Gasteiger partial charge on any atom is -0.368 e. The van der Waals surface area contributed by atoms with Gasteiger partial charge in [-0.3, -0.25) is 24.5 Å². The highest BCUT2D eigenvalue weighted by Crippen LogP contribution is 2.21. The summed E-state index contributed by atoms with van der Waals surface area (Å²) in [5.41, 5.74) is 1.55. The molecule has 148 valence electrons. The van der Waals surface area contributed by atoms with Crippen molar-refractivity contribution in [3.8, 4) is 0 Å². The second kappa shape index (κ2) is 9.75. The van der Waals surface area contributed by atoms with Crippen LogP contribution in [0.2, 0.25) is 0 Å². The number of hydrogen-bond donors (Lipinski definition) is 1. The Morgan fingerprint density at radius 2 is 2.04 bits per heavy atom. The van der Waals surface area contributed by atoms with E-state index in [-0.39, 0.29) is 17.9 Å². The molecule has 2 aliphatic heterocycles. The molecule has 0 radical (unpaired) electrons. The Bertz CT molecular complexity index is 648. The zero-order valence-corrected chi connectivity index (χ0v) is 16.0. The highest BCUT2D eigenvalue weighted by atomic mass is 16.5. The van der Waals surface area contributed by atoms with E-state index in [1.807, 2.05) is 4.90 Å². The minimum atomic E-state index is -0.253. The average Bonchev–Trinajstić information content (AvgIpc) is 2.69. The van der Waals surface area contributed by atoms with Crippen LogP contribution in [0.1, 0.15) is 43.7 Å². The van der Waals surface area contributed by atoms with Gasteiger partial charge in [-0.1, -0.05) is 6.42 Å². The molecule has 2 fully saturated rings. The normalized spacial score (nSPS) is 21.1. The lowest BCUT2D eigenvalue weighted by Crippen LogP contribution is -2.47. The summed E-state index contributed by atoms with van der Waals surface area (Å²) >= 11 is 0. The molecule has 2 saturated heterocycles. The van der Waals surface area contributed by atoms with Crippen LogP contribution in [0.3, 0.4) is 0 Å². The van der Waals surface area contributed by atoms with Crippen LogP contribution in [0.4, 0.5) is 0 Å². The fourth-order valence-corrected chi connectivity index (χ4v) is 3.53. The molecule has 0 aliphatic carbocycles. The zero-order valence-electron chi connectivity index (χ0n) is 16.0. The number of ether oxygens (including phenoxy) is 1. The molecule has 0 spiro atoms. The second-order valence-corrected chi connectivity index (χ2v) is 7.20. The summed E-state index contributed by atoms with van der Waals surface area (Å²) in [7, 11) is 0. The van der Waals surface area contributed by atoms with E-state index in [0.29, 0.717) is 39.2 Å². The Hall–Kier alpha value is -2.06. The Balaban J connectivity index is 1.55. The van der Waals surface area contributed by atoms with E-state index in [4.69, 9.17) is 4.74 Å². The van der Waals surface area contributed by atoms with Crippen molar-refractivity contribution in [3.05, 3.63) is 23.8 Å². The molecule has 2 amide bonds. The lowest BCUT2D eigenvalue weighted by molar-refractivity contribution is -0.140. The van der Waals surface area contributed by atoms with Gasteiger partial charge >= 0.3 is 0 Å². The number of aromatic nitrogens is 2. The smallest absolute Gasteiger partial charge is 0.236 e. The predicted molar refractivity (Wildman–Crippen MR) is 100.0 cm³/mol. The Morgan fingerprint density at radius 3 is 2.81 bits per heavy atom. The van der Waals surface area contributed by atoms with Gasteiger partial charge in [0, 0.05) is 32.6 Å². The van der Waals surface area contributed by atoms with Crippen molar-refractivity contribution in [2.24, 2.45) is 0 Å². The maximum atomic E-state index is 12.7. The number of likely N-dealkylation sites (tertiary alicyclic amines) is 1. The molecule has 8 heteroatoms. The summed E-state index contributed by atoms with van der Waals surface area (Å²) in [6.45, 7) is 6.19. The molecule has 1 N–H and O–H groups in total. The van der Waals surface area contributed by atoms with Gasteiger partial charge in [0.2, 0.25) is 11.8 Å². The first-order valence-electron chi connectivity index (χ1n) is 9.79. The standard InChI is InChI=1S/C19H29N5O3/c1-15(25)21-6-5-16-11-20-12-17(22-16)18-13-24(9-10-27-18)19(26)14-23-7-3-2-4-8-23/h11-12,18H,2-10,13-14H2,1H3,(H,21,25). The molecule has 27 heavy (non-hydrogen) atoms. The molecule has 2 aliphatic rings. The third kappa shape index (κ3) is 5.97. The first-order chi connectivity index (χ1) is 13.1. The van der Waals surface area contributed by atoms with Gasteiger partial charge in [0.25, 0.3) is 0 Å². The monoisotopic (exact) mass is 375 g/mol. The van der Waals surface area contributed by atoms with Crippen molar-refractivity contribution in [2.75, 3.05) is 45.9 Å². The van der Waals surface area contributed by atoms with Gasteiger partial charge in [-0.2, -0.15) is 0 Å². The summed E-state index contributed by atoms with van der Waals surface area (Å²) in [4.78, 5) is 36.7. The molecule has 1 atom stereocenters. The number of carbonyl (C=O) groups excluding carboxylic acids is 2. The van der Waals surface area contributed by atoms with Crippen molar-refractivity contribution >= 4 is 11.8 Å². The van der Waals surface area contributed by atoms with Crippen molar-refractivity contribution in [2.45, 2.75) is 38.7 Å². The molecular formula is C19H29N5O3. The molecule has 1 unspecified atom stereocenters. The van der Waals surface area contributed by atoms with E-state index in [2.05, 4.69) is 20.2 Å². The van der Waals surface area contributed by atoms with E-state index < -0.39 is 0 Å². The Morgan fingerprint density at radius 1 is 1.22 bits per heavy atom. The van der Waals surface area contributed by atoms with Gasteiger partial charge in [-0.05, 0) is 25.9 Å². The molecule has 1 aromatic rings. The third-order valence-corrected chi connectivity index (χ3v) is 5.01. The number of amides is 2. The number of morpholine rings is 1. The van der Waals surface area contributed by atoms with Gasteiger partial charge in [-0.25, -0.2) is 0 Å². The average molecular weight is 375 g/mol. The molecule has 3 rings (SSSR count). The van der Waals surface area contributed by atoms with Gasteiger partial charge in [0.1, 0.15) is 6.10 Å². The fraction of sp³-hybridized carbons (Fsp3) is 0.684. The van der Waals surface area contributed by atoms with Gasteiger partial charge in [0.15, 0.2) is 0 Å². The fourth-order valence-electron chi connectivity index (χ4n) is 3.53. The lowest BCUT2D eigenvalue weighted by atomic mass is 10.1. The van der Waals surface area contributed by atoms with Crippen molar-refractivity contribution in [1.82, 2.24) is 25.1 Å². The van der Waals surface area contributed by atoms with Gasteiger partial charge in [0.05, 0.1) is 37.3 Å². The van der Waals surface area contributed by atoms with Crippen LogP contribution in [-0.2, 0) is 20.7 Å². The first kappa shape index (κ1) is 19.7. The van der Waals surface area contributed by atoms with Crippen LogP contribution in [0, 0.1) is 0 Å². The van der Waals surface area contributed by atoms with Crippen molar-refractivity contribution in [1.29, 1.82) is 0 Å². The highest BCUT2D eigenvalue weighted by molar-refractivity contribution is 5.78. The highest BCUT2D eigenvalue weighted by Gasteiger charge is 2.27. The summed E-state index contributed by atoms with van der Waals surface area (Å²) in [5.74, 6) is 0.109. The third-order valence-electron chi connectivity index (χ3n) is 5.01. The number of piperidine rings is 1. The first-order valence-corrected chi connectivity index (χ1v) is 9.79. The molecule has 0 bridgehead atoms. The number of nitrogens with one attached hydrogen (secondary N) is 1. The Kier molecular flexibility index (Phi) is 7.11. The van der Waals surface area contributed by atoms with Crippen LogP contribution in [0.15, 0.2) is 12.4 Å². The molecule has 3 heterocycles. The number of carbonyl (C=O) groups is 2. The zero-order chi connectivity index (χ0) is 19.1. The number of nitrogens with zero attached hydrogens (tertiary/aromatic N) is 4. The van der Waals surface area contributed by atoms with E-state index in [1.54, 1.807) is 12.4 Å². The second-order valence-electron chi connectivity index (χ2n) is 7.20. The van der Waals surface area contributed by atoms with E-state index in [0.717, 1.165) is 24.5 Å². The predicted octanol–water partition coefficient (Wildman–Crippen LogP) is 0.541. The van der Waals surface area contributed by atoms with Crippen molar-refractivity contribution in [3.63, 3.8) is 0 Å². The summed E-state index contributed by atoms with van der Waals surface area (Å²) in [6, 6.07) is 0. The molecule has 0 aromatic carbocycles. The maximum absolute atomic E-state index is 12.7. The van der Waals surface area contributed by atoms with Gasteiger partial charge < -0.3 is 15.0 Å². The van der Waals surface area contributed by atoms with E-state index >= 15 is 0 Å². The topological polar surface area (TPSA) is 87.7 Å². The van der Waals surface area contributed by atoms with Gasteiger partial charge in [-0.15, -0.1) is 0 Å². The summed E-state index contributed by atoms with van der Waals surface area (Å²) in [6.07, 6.45) is 7.39. The molecular weight excluding hydrogens is 346 g/mol. The van der Waals surface area contributed by atoms with Crippen LogP contribution in [0.5, 0.6) is 0 Å². The van der Waals surface area contributed by atoms with Crippen LogP contribution in [-0.4, -0.2) is 77.5 Å². The molecule has 8 nitrogen and oxygen atoms in total. The van der Waals surface area contributed by atoms with Crippen molar-refractivity contribution < 1.29 is 14.3 Å². The summed E-state index contributed by atoms with van der Waals surface area (Å²) < 4.78 is 5.85. The lowest BCUT2D eigenvalue weighted by Gasteiger charge is -2.35. The number of hydrogen-bond acceptors (Lipinski definition) is 6. The van der Waals surface area contributed by atoms with E-state index in [9.17, 15) is 9.59 Å². The Labute approximate surface area is 160 Å². The van der Waals surface area contributed by atoms with Crippen LogP contribution in [0.25, 0.3) is 0 Å². The van der Waals surface area contributed by atoms with Crippen LogP contribution < -0.4 is 5.32 Å². The minimum absolute atomic E-state index is 0.0578. The number of rotatable bonds is 6. The van der Waals surface area contributed by atoms with Crippen LogP contribution >= 0.6 is 0 Å². The maximum Gasteiger partial charge on any atom is 0.236 e.